The summed E-state index contributed by atoms with van der Waals surface area (Å²) in [5.41, 5.74) is -1.44. The molecule has 0 aliphatic rings. The van der Waals surface area contributed by atoms with Crippen LogP contribution < -0.4 is 5.11 Å². The largest absolute Gasteiger partial charge is 0.530 e. The normalized spacial score (nSPS) is 13.1. The van der Waals surface area contributed by atoms with E-state index in [1.54, 1.807) is 0 Å². The Hall–Kier alpha value is -2.85. The fourth-order valence-electron chi connectivity index (χ4n) is 3.77. The van der Waals surface area contributed by atoms with E-state index in [4.69, 9.17) is 23.2 Å². The topological polar surface area (TPSA) is 80.8 Å². The van der Waals surface area contributed by atoms with E-state index < -0.39 is 49.0 Å². The third-order valence-corrected chi connectivity index (χ3v) is 6.11. The maximum Gasteiger partial charge on any atom is 0.397 e. The Kier molecular flexibility index (Phi) is 9.51. The molecule has 0 aliphatic carbocycles. The summed E-state index contributed by atoms with van der Waals surface area (Å²) < 4.78 is 52.4. The highest BCUT2D eigenvalue weighted by Gasteiger charge is 2.42. The van der Waals surface area contributed by atoms with Crippen molar-refractivity contribution in [3.63, 3.8) is 0 Å². The zero-order valence-electron chi connectivity index (χ0n) is 18.4. The van der Waals surface area contributed by atoms with E-state index in [9.17, 15) is 37.1 Å². The quantitative estimate of drug-likeness (QED) is 0.330. The van der Waals surface area contributed by atoms with Gasteiger partial charge in [0.05, 0.1) is 15.6 Å². The molecule has 0 radical (unpaired) electrons. The van der Waals surface area contributed by atoms with Crippen LogP contribution in [-0.4, -0.2) is 47.9 Å². The van der Waals surface area contributed by atoms with Crippen LogP contribution in [0.15, 0.2) is 42.5 Å². The van der Waals surface area contributed by atoms with E-state index in [-0.39, 0.29) is 34.0 Å². The number of nitrogens with zero attached hydrogens (tertiary/aromatic N) is 2. The molecule has 12 heteroatoms. The molecule has 2 rings (SSSR count). The van der Waals surface area contributed by atoms with Crippen LogP contribution in [0.1, 0.15) is 30.4 Å². The van der Waals surface area contributed by atoms with Crippen LogP contribution in [0.3, 0.4) is 0 Å². The van der Waals surface area contributed by atoms with E-state index in [0.717, 1.165) is 29.0 Å². The van der Waals surface area contributed by atoms with Gasteiger partial charge in [0.25, 0.3) is 0 Å². The number of likely N-dealkylation sites (N-methyl/N-ethyl adjacent to an activating group) is 1. The van der Waals surface area contributed by atoms with Gasteiger partial charge in [0, 0.05) is 26.6 Å². The molecule has 2 aromatic rings. The van der Waals surface area contributed by atoms with Crippen molar-refractivity contribution >= 4 is 41.5 Å². The lowest BCUT2D eigenvalue weighted by Gasteiger charge is -2.48. The van der Waals surface area contributed by atoms with E-state index in [1.165, 1.54) is 30.3 Å². The van der Waals surface area contributed by atoms with Crippen LogP contribution in [0.25, 0.3) is 0 Å². The van der Waals surface area contributed by atoms with Crippen molar-refractivity contribution in [2.75, 3.05) is 13.6 Å². The second-order valence-corrected chi connectivity index (χ2v) is 8.70. The van der Waals surface area contributed by atoms with E-state index in [0.29, 0.717) is 6.29 Å². The number of rotatable bonds is 10. The minimum absolute atomic E-state index is 0.00738. The number of hydrogen-bond acceptors (Lipinski definition) is 4. The molecule has 2 aromatic carbocycles. The molecule has 0 aliphatic heterocycles. The van der Waals surface area contributed by atoms with Gasteiger partial charge in [-0.25, -0.2) is 4.39 Å². The Morgan fingerprint density at radius 3 is 2.31 bits per heavy atom. The molecule has 0 unspecified atom stereocenters. The number of halogens is 6. The average Bonchev–Trinajstić information content (AvgIpc) is 2.75. The van der Waals surface area contributed by atoms with Crippen LogP contribution >= 0.6 is 23.2 Å². The molecule has 0 saturated carbocycles. The first-order valence-electron chi connectivity index (χ1n) is 10.2. The summed E-state index contributed by atoms with van der Waals surface area (Å²) in [5.74, 6) is -1.97. The first-order valence-corrected chi connectivity index (χ1v) is 11.0. The maximum atomic E-state index is 13.8. The summed E-state index contributed by atoms with van der Waals surface area (Å²) in [7, 11) is 1.08. The SMILES string of the molecule is CN(C[C@](CCC=O)(c1ccc(Cl)c(Cl)c1)N(Cc1cccc(F)c1)C(=O)[O-])C(=O)CC(F)(F)F. The van der Waals surface area contributed by atoms with Crippen molar-refractivity contribution in [2.45, 2.75) is 37.5 Å². The molecule has 35 heavy (non-hydrogen) atoms. The van der Waals surface area contributed by atoms with Crippen molar-refractivity contribution in [3.8, 4) is 0 Å². The van der Waals surface area contributed by atoms with Gasteiger partial charge in [0.2, 0.25) is 5.91 Å². The molecule has 0 N–H and O–H groups in total. The number of amides is 2. The predicted molar refractivity (Wildman–Crippen MR) is 119 cm³/mol. The summed E-state index contributed by atoms with van der Waals surface area (Å²) in [4.78, 5) is 37.5. The van der Waals surface area contributed by atoms with Crippen molar-refractivity contribution in [1.82, 2.24) is 9.80 Å². The number of benzene rings is 2. The number of carbonyl (C=O) groups is 3. The summed E-state index contributed by atoms with van der Waals surface area (Å²) in [6.07, 6.45) is -8.31. The average molecular weight is 536 g/mol. The Balaban J connectivity index is 2.69. The lowest BCUT2D eigenvalue weighted by atomic mass is 9.82. The Bertz CT molecular complexity index is 1080. The van der Waals surface area contributed by atoms with Crippen LogP contribution in [0.5, 0.6) is 0 Å². The van der Waals surface area contributed by atoms with Gasteiger partial charge in [-0.3, -0.25) is 4.79 Å². The minimum atomic E-state index is -4.80. The molecule has 0 fully saturated rings. The van der Waals surface area contributed by atoms with Crippen LogP contribution in [0.2, 0.25) is 10.0 Å². The Morgan fingerprint density at radius 2 is 1.77 bits per heavy atom. The number of carboxylic acid groups (broad SMARTS) is 1. The van der Waals surface area contributed by atoms with Gasteiger partial charge in [-0.15, -0.1) is 0 Å². The Labute approximate surface area is 209 Å². The van der Waals surface area contributed by atoms with Crippen LogP contribution in [-0.2, 0) is 21.7 Å². The lowest BCUT2D eigenvalue weighted by molar-refractivity contribution is -0.274. The summed E-state index contributed by atoms with van der Waals surface area (Å²) in [6.45, 7) is -1.04. The van der Waals surface area contributed by atoms with Crippen LogP contribution in [0.4, 0.5) is 22.4 Å². The third-order valence-electron chi connectivity index (χ3n) is 5.38. The molecule has 0 spiro atoms. The van der Waals surface area contributed by atoms with Gasteiger partial charge in [-0.1, -0.05) is 41.4 Å². The Morgan fingerprint density at radius 1 is 1.09 bits per heavy atom. The molecule has 0 aromatic heterocycles. The second-order valence-electron chi connectivity index (χ2n) is 7.89. The fraction of sp³-hybridized carbons (Fsp3) is 0.348. The van der Waals surface area contributed by atoms with Gasteiger partial charge >= 0.3 is 6.18 Å². The number of carbonyl (C=O) groups excluding carboxylic acids is 3. The second kappa shape index (κ2) is 11.7. The lowest BCUT2D eigenvalue weighted by Crippen LogP contribution is -2.59. The number of aldehydes is 1. The van der Waals surface area contributed by atoms with Gasteiger partial charge in [-0.05, 0) is 41.8 Å². The zero-order valence-corrected chi connectivity index (χ0v) is 20.0. The predicted octanol–water partition coefficient (Wildman–Crippen LogP) is 4.56. The summed E-state index contributed by atoms with van der Waals surface area (Å²) in [5, 5.41) is 12.5. The summed E-state index contributed by atoms with van der Waals surface area (Å²) >= 11 is 12.1. The van der Waals surface area contributed by atoms with Gasteiger partial charge in [0.1, 0.15) is 24.6 Å². The third kappa shape index (κ3) is 7.57. The molecule has 0 bridgehead atoms. The van der Waals surface area contributed by atoms with Gasteiger partial charge in [0.15, 0.2) is 0 Å². The maximum absolute atomic E-state index is 13.8. The molecule has 0 saturated heterocycles. The highest BCUT2D eigenvalue weighted by atomic mass is 35.5. The molecule has 190 valence electrons. The monoisotopic (exact) mass is 535 g/mol. The first kappa shape index (κ1) is 28.4. The van der Waals surface area contributed by atoms with Gasteiger partial charge < -0.3 is 24.5 Å². The van der Waals surface area contributed by atoms with E-state index >= 15 is 0 Å². The number of hydrogen-bond donors (Lipinski definition) is 0. The van der Waals surface area contributed by atoms with Crippen molar-refractivity contribution in [1.29, 1.82) is 0 Å². The zero-order chi connectivity index (χ0) is 26.4. The highest BCUT2D eigenvalue weighted by Crippen LogP contribution is 2.38. The molecular weight excluding hydrogens is 515 g/mol. The van der Waals surface area contributed by atoms with E-state index in [2.05, 4.69) is 0 Å². The molecule has 6 nitrogen and oxygen atoms in total. The molecule has 1 atom stereocenters. The van der Waals surface area contributed by atoms with Crippen molar-refractivity contribution in [2.24, 2.45) is 0 Å². The van der Waals surface area contributed by atoms with Gasteiger partial charge in [-0.2, -0.15) is 13.2 Å². The van der Waals surface area contributed by atoms with E-state index in [1.807, 2.05) is 0 Å². The smallest absolute Gasteiger partial charge is 0.397 e. The van der Waals surface area contributed by atoms with Crippen LogP contribution in [0, 0.1) is 5.82 Å². The number of alkyl halides is 3. The molecule has 0 heterocycles. The summed E-state index contributed by atoms with van der Waals surface area (Å²) in [6, 6.07) is 9.06. The highest BCUT2D eigenvalue weighted by molar-refractivity contribution is 6.42. The van der Waals surface area contributed by atoms with Crippen molar-refractivity contribution in [3.05, 3.63) is 69.5 Å². The standard InChI is InChI=1S/C23H22Cl2F4N2O4/c1-30(20(33)12-23(27,28)29)14-22(8-3-9-32,16-6-7-18(24)19(25)11-16)31(21(34)35)13-15-4-2-5-17(26)10-15/h2,4-7,9-11H,3,8,12-14H2,1H3,(H,34,35)/p-1/t22-/m1/s1. The van der Waals surface area contributed by atoms with Crippen molar-refractivity contribution < 1.29 is 37.1 Å². The fourth-order valence-corrected chi connectivity index (χ4v) is 4.07. The molecule has 2 amide bonds. The minimum Gasteiger partial charge on any atom is -0.530 e. The molecular formula is C23H21Cl2F4N2O4-. The first-order chi connectivity index (χ1) is 16.3.